The lowest BCUT2D eigenvalue weighted by molar-refractivity contribution is -0.136. The number of amides is 2. The summed E-state index contributed by atoms with van der Waals surface area (Å²) < 4.78 is 0. The van der Waals surface area contributed by atoms with Gasteiger partial charge in [-0.15, -0.1) is 0 Å². The van der Waals surface area contributed by atoms with Gasteiger partial charge in [-0.25, -0.2) is 5.43 Å². The minimum atomic E-state index is -0.738. The molecule has 2 atom stereocenters. The van der Waals surface area contributed by atoms with Gasteiger partial charge in [0.1, 0.15) is 0 Å². The van der Waals surface area contributed by atoms with Crippen LogP contribution < -0.4 is 10.7 Å². The minimum absolute atomic E-state index is 0.351. The highest BCUT2D eigenvalue weighted by Crippen LogP contribution is 2.25. The van der Waals surface area contributed by atoms with E-state index in [0.29, 0.717) is 17.5 Å². The zero-order valence-corrected chi connectivity index (χ0v) is 13.3. The largest absolute Gasteiger partial charge is 0.329 e. The van der Waals surface area contributed by atoms with Crippen LogP contribution in [0.4, 0.5) is 5.69 Å². The molecule has 1 aromatic rings. The molecule has 0 spiro atoms. The first-order valence-electron chi connectivity index (χ1n) is 7.73. The fourth-order valence-corrected chi connectivity index (χ4v) is 2.72. The molecule has 2 amide bonds. The molecule has 0 bridgehead atoms. The molecule has 118 valence electrons. The Bertz CT molecular complexity index is 566. The molecular formula is C17H23N3O2. The maximum Gasteiger partial charge on any atom is 0.329 e. The average molecular weight is 301 g/mol. The van der Waals surface area contributed by atoms with E-state index in [1.54, 1.807) is 12.1 Å². The van der Waals surface area contributed by atoms with E-state index in [-0.39, 0.29) is 0 Å². The Morgan fingerprint density at radius 1 is 1.05 bits per heavy atom. The van der Waals surface area contributed by atoms with Crippen molar-refractivity contribution in [2.24, 2.45) is 16.9 Å². The molecule has 0 aliphatic heterocycles. The minimum Gasteiger partial charge on any atom is -0.318 e. The Morgan fingerprint density at radius 2 is 1.64 bits per heavy atom. The van der Waals surface area contributed by atoms with Gasteiger partial charge in [0.2, 0.25) is 0 Å². The maximum absolute atomic E-state index is 11.8. The van der Waals surface area contributed by atoms with Crippen LogP contribution in [0.3, 0.4) is 0 Å². The number of nitrogens with one attached hydrogen (secondary N) is 2. The molecule has 0 saturated heterocycles. The summed E-state index contributed by atoms with van der Waals surface area (Å²) >= 11 is 0. The summed E-state index contributed by atoms with van der Waals surface area (Å²) in [7, 11) is 0. The highest BCUT2D eigenvalue weighted by atomic mass is 16.2. The van der Waals surface area contributed by atoms with Crippen LogP contribution in [0, 0.1) is 18.8 Å². The standard InChI is InChI=1S/C17H23N3O2/c1-11-7-9-14(10-8-11)18-16(21)17(22)20-19-15-12(2)5-4-6-13(15)3/h7-10,12-13H,4-6H2,1-3H3,(H,18,21)(H,20,22)/t12-,13-/m1/s1. The van der Waals surface area contributed by atoms with Crippen LogP contribution >= 0.6 is 0 Å². The second-order valence-electron chi connectivity index (χ2n) is 6.03. The molecule has 2 rings (SSSR count). The molecule has 5 heteroatoms. The zero-order chi connectivity index (χ0) is 16.1. The summed E-state index contributed by atoms with van der Waals surface area (Å²) in [4.78, 5) is 23.7. The van der Waals surface area contributed by atoms with Crippen molar-refractivity contribution in [2.75, 3.05) is 5.32 Å². The van der Waals surface area contributed by atoms with Crippen LogP contribution in [-0.4, -0.2) is 17.5 Å². The highest BCUT2D eigenvalue weighted by Gasteiger charge is 2.23. The third-order valence-electron chi connectivity index (χ3n) is 4.09. The van der Waals surface area contributed by atoms with Crippen molar-refractivity contribution in [3.63, 3.8) is 0 Å². The number of nitrogens with zero attached hydrogens (tertiary/aromatic N) is 1. The quantitative estimate of drug-likeness (QED) is 0.651. The van der Waals surface area contributed by atoms with Crippen molar-refractivity contribution >= 4 is 23.2 Å². The Hall–Kier alpha value is -2.17. The molecular weight excluding hydrogens is 278 g/mol. The third-order valence-corrected chi connectivity index (χ3v) is 4.09. The van der Waals surface area contributed by atoms with E-state index in [4.69, 9.17) is 0 Å². The molecule has 1 aliphatic rings. The van der Waals surface area contributed by atoms with Crippen LogP contribution in [0.2, 0.25) is 0 Å². The van der Waals surface area contributed by atoms with Crippen LogP contribution in [0.1, 0.15) is 38.7 Å². The number of benzene rings is 1. The van der Waals surface area contributed by atoms with Crippen molar-refractivity contribution in [3.8, 4) is 0 Å². The summed E-state index contributed by atoms with van der Waals surface area (Å²) in [5, 5.41) is 6.74. The van der Waals surface area contributed by atoms with Gasteiger partial charge in [-0.1, -0.05) is 38.0 Å². The summed E-state index contributed by atoms with van der Waals surface area (Å²) in [5.74, 6) is -0.740. The molecule has 1 saturated carbocycles. The summed E-state index contributed by atoms with van der Waals surface area (Å²) in [5.41, 5.74) is 5.04. The molecule has 0 radical (unpaired) electrons. The summed E-state index contributed by atoms with van der Waals surface area (Å²) in [6, 6.07) is 7.27. The van der Waals surface area contributed by atoms with Gasteiger partial charge in [-0.2, -0.15) is 5.10 Å². The Morgan fingerprint density at radius 3 is 2.23 bits per heavy atom. The van der Waals surface area contributed by atoms with Gasteiger partial charge >= 0.3 is 11.8 Å². The smallest absolute Gasteiger partial charge is 0.318 e. The predicted molar refractivity (Wildman–Crippen MR) is 87.6 cm³/mol. The molecule has 1 fully saturated rings. The molecule has 1 aliphatic carbocycles. The second kappa shape index (κ2) is 7.20. The first kappa shape index (κ1) is 16.2. The Balaban J connectivity index is 1.93. The van der Waals surface area contributed by atoms with E-state index in [9.17, 15) is 9.59 Å². The van der Waals surface area contributed by atoms with Crippen molar-refractivity contribution in [3.05, 3.63) is 29.8 Å². The lowest BCUT2D eigenvalue weighted by atomic mass is 9.81. The SMILES string of the molecule is Cc1ccc(NC(=O)C(=O)NN=C2[C@H](C)CCC[C@H]2C)cc1. The fraction of sp³-hybridized carbons (Fsp3) is 0.471. The first-order chi connectivity index (χ1) is 10.5. The van der Waals surface area contributed by atoms with E-state index in [2.05, 4.69) is 29.7 Å². The topological polar surface area (TPSA) is 70.6 Å². The number of aryl methyl sites for hydroxylation is 1. The van der Waals surface area contributed by atoms with Crippen molar-refractivity contribution in [1.29, 1.82) is 0 Å². The van der Waals surface area contributed by atoms with Gasteiger partial charge in [-0.05, 0) is 43.7 Å². The first-order valence-corrected chi connectivity index (χ1v) is 7.73. The number of anilines is 1. The predicted octanol–water partition coefficient (Wildman–Crippen LogP) is 2.86. The number of rotatable bonds is 2. The van der Waals surface area contributed by atoms with E-state index >= 15 is 0 Å². The molecule has 0 unspecified atom stereocenters. The van der Waals surface area contributed by atoms with Crippen molar-refractivity contribution in [2.45, 2.75) is 40.0 Å². The van der Waals surface area contributed by atoms with Crippen molar-refractivity contribution < 1.29 is 9.59 Å². The number of hydrazone groups is 1. The molecule has 1 aromatic carbocycles. The molecule has 2 N–H and O–H groups in total. The van der Waals surface area contributed by atoms with E-state index in [0.717, 1.165) is 24.1 Å². The molecule has 0 heterocycles. The fourth-order valence-electron chi connectivity index (χ4n) is 2.72. The highest BCUT2D eigenvalue weighted by molar-refractivity contribution is 6.39. The average Bonchev–Trinajstić information content (AvgIpc) is 2.48. The van der Waals surface area contributed by atoms with E-state index in [1.807, 2.05) is 19.1 Å². The third kappa shape index (κ3) is 4.16. The van der Waals surface area contributed by atoms with Crippen LogP contribution in [0.5, 0.6) is 0 Å². The monoisotopic (exact) mass is 301 g/mol. The normalized spacial score (nSPS) is 21.1. The Kier molecular flexibility index (Phi) is 5.31. The number of carbonyl (C=O) groups excluding carboxylic acids is 2. The van der Waals surface area contributed by atoms with Gasteiger partial charge in [0.05, 0.1) is 0 Å². The van der Waals surface area contributed by atoms with Gasteiger partial charge in [0.25, 0.3) is 0 Å². The van der Waals surface area contributed by atoms with E-state index < -0.39 is 11.8 Å². The second-order valence-corrected chi connectivity index (χ2v) is 6.03. The number of carbonyl (C=O) groups is 2. The zero-order valence-electron chi connectivity index (χ0n) is 13.3. The number of hydrogen-bond acceptors (Lipinski definition) is 3. The van der Waals surface area contributed by atoms with E-state index in [1.165, 1.54) is 6.42 Å². The number of hydrogen-bond donors (Lipinski definition) is 2. The van der Waals surface area contributed by atoms with Crippen LogP contribution in [-0.2, 0) is 9.59 Å². The van der Waals surface area contributed by atoms with Gasteiger partial charge < -0.3 is 5.32 Å². The van der Waals surface area contributed by atoms with Gasteiger partial charge in [-0.3, -0.25) is 9.59 Å². The summed E-state index contributed by atoms with van der Waals surface area (Å²) in [6.07, 6.45) is 3.34. The van der Waals surface area contributed by atoms with Gasteiger partial charge in [0, 0.05) is 11.4 Å². The lowest BCUT2D eigenvalue weighted by Crippen LogP contribution is -2.35. The lowest BCUT2D eigenvalue weighted by Gasteiger charge is -2.26. The molecule has 22 heavy (non-hydrogen) atoms. The maximum atomic E-state index is 11.8. The van der Waals surface area contributed by atoms with Crippen LogP contribution in [0.25, 0.3) is 0 Å². The summed E-state index contributed by atoms with van der Waals surface area (Å²) in [6.45, 7) is 6.17. The van der Waals surface area contributed by atoms with Crippen LogP contribution in [0.15, 0.2) is 29.4 Å². The Labute approximate surface area is 131 Å². The van der Waals surface area contributed by atoms with Crippen molar-refractivity contribution in [1.82, 2.24) is 5.43 Å². The molecule has 0 aromatic heterocycles. The van der Waals surface area contributed by atoms with Gasteiger partial charge in [0.15, 0.2) is 0 Å². The molecule has 5 nitrogen and oxygen atoms in total.